The first-order valence-electron chi connectivity index (χ1n) is 19.5. The SMILES string of the molecule is c1ccc2c(c1)-c1ccccc1[Si]21c2ccccc2N2c3cc4c(sc5ccccc54)c4c3B(c3cccc1c32)n1c2sc3ccccc3c2c2cccc-4c21. The van der Waals surface area contributed by atoms with E-state index >= 15 is 0 Å². The van der Waals surface area contributed by atoms with Gasteiger partial charge in [-0.15, -0.1) is 22.7 Å². The number of fused-ring (bicyclic) bond motifs is 22. The zero-order chi connectivity index (χ0) is 36.0. The van der Waals surface area contributed by atoms with Crippen molar-refractivity contribution >= 4 is 138 Å². The standard InChI is InChI=1S/C50H27BN2S2Si/c1-6-21-38-28(13-1)34-27-37-46-45(49(34)54-38)33-18-11-17-32-44-31-16-2-7-22-39(31)55-50(44)53(47(32)33)51(46)35-19-12-26-43-48(35)52(37)36-20-5-10-25-42(36)56(43)40-23-8-3-14-29(40)30-15-4-9-24-41(30)56/h1-27H. The highest BCUT2D eigenvalue weighted by molar-refractivity contribution is 7.27. The second-order valence-electron chi connectivity index (χ2n) is 15.8. The van der Waals surface area contributed by atoms with E-state index in [2.05, 4.69) is 173 Å². The average Bonchev–Trinajstić information content (AvgIpc) is 3.99. The van der Waals surface area contributed by atoms with E-state index in [0.29, 0.717) is 0 Å². The molecule has 2 nitrogen and oxygen atoms in total. The third-order valence-electron chi connectivity index (χ3n) is 13.6. The highest BCUT2D eigenvalue weighted by Gasteiger charge is 2.57. The Morgan fingerprint density at radius 1 is 0.482 bits per heavy atom. The molecular formula is C50H27BN2S2Si. The van der Waals surface area contributed by atoms with E-state index in [4.69, 9.17) is 0 Å². The molecule has 0 saturated heterocycles. The smallest absolute Gasteiger partial charge is 0.333 e. The Hall–Kier alpha value is -6.18. The van der Waals surface area contributed by atoms with Crippen LogP contribution in [0.3, 0.4) is 0 Å². The molecule has 8 aromatic carbocycles. The lowest BCUT2D eigenvalue weighted by Gasteiger charge is -2.49. The van der Waals surface area contributed by atoms with Gasteiger partial charge in [0.05, 0.1) is 4.83 Å². The maximum atomic E-state index is 2.77. The van der Waals surface area contributed by atoms with Crippen LogP contribution in [-0.4, -0.2) is 19.4 Å². The fraction of sp³-hybridized carbons (Fsp3) is 0. The minimum Gasteiger partial charge on any atom is -0.367 e. The van der Waals surface area contributed by atoms with Crippen molar-refractivity contribution in [2.75, 3.05) is 4.90 Å². The fourth-order valence-corrected chi connectivity index (χ4v) is 19.7. The molecule has 0 bridgehead atoms. The van der Waals surface area contributed by atoms with E-state index in [0.717, 1.165) is 0 Å². The van der Waals surface area contributed by atoms with E-state index in [1.165, 1.54) is 122 Å². The maximum Gasteiger partial charge on any atom is 0.333 e. The summed E-state index contributed by atoms with van der Waals surface area (Å²) in [4.78, 5) is 4.08. The Balaban J connectivity index is 1.19. The molecule has 256 valence electrons. The summed E-state index contributed by atoms with van der Waals surface area (Å²) in [5.74, 6) is 0. The number of hydrogen-bond acceptors (Lipinski definition) is 3. The van der Waals surface area contributed by atoms with Crippen LogP contribution in [0.5, 0.6) is 0 Å². The molecule has 0 atom stereocenters. The van der Waals surface area contributed by atoms with Crippen LogP contribution in [0.15, 0.2) is 164 Å². The summed E-state index contributed by atoms with van der Waals surface area (Å²) in [6.07, 6.45) is 0. The summed E-state index contributed by atoms with van der Waals surface area (Å²) in [7, 11) is -2.75. The van der Waals surface area contributed by atoms with Crippen LogP contribution in [0.2, 0.25) is 0 Å². The van der Waals surface area contributed by atoms with Crippen LogP contribution in [0.4, 0.5) is 17.1 Å². The van der Waals surface area contributed by atoms with E-state index in [1.54, 1.807) is 0 Å². The molecule has 56 heavy (non-hydrogen) atoms. The molecule has 0 aliphatic carbocycles. The molecule has 0 N–H and O–H groups in total. The van der Waals surface area contributed by atoms with Gasteiger partial charge in [-0.2, -0.15) is 0 Å². The number of thiophene rings is 2. The lowest BCUT2D eigenvalue weighted by atomic mass is 9.45. The molecule has 0 amide bonds. The number of nitrogens with zero attached hydrogens (tertiary/aromatic N) is 2. The molecule has 6 heteroatoms. The molecular weight excluding hydrogens is 732 g/mol. The predicted molar refractivity (Wildman–Crippen MR) is 244 cm³/mol. The van der Waals surface area contributed by atoms with Crippen molar-refractivity contribution in [3.63, 3.8) is 0 Å². The molecule has 11 aromatic rings. The fourth-order valence-electron chi connectivity index (χ4n) is 11.7. The second kappa shape index (κ2) is 9.78. The first kappa shape index (κ1) is 29.2. The molecule has 0 fully saturated rings. The first-order valence-corrected chi connectivity index (χ1v) is 23.1. The van der Waals surface area contributed by atoms with Gasteiger partial charge in [-0.05, 0) is 67.1 Å². The average molecular weight is 759 g/mol. The van der Waals surface area contributed by atoms with Crippen molar-refractivity contribution in [1.29, 1.82) is 0 Å². The van der Waals surface area contributed by atoms with Gasteiger partial charge in [0.2, 0.25) is 0 Å². The van der Waals surface area contributed by atoms with Crippen LogP contribution in [0.1, 0.15) is 0 Å². The minimum atomic E-state index is -2.75. The van der Waals surface area contributed by atoms with Crippen molar-refractivity contribution in [2.45, 2.75) is 0 Å². The van der Waals surface area contributed by atoms with Crippen LogP contribution < -0.4 is 36.6 Å². The van der Waals surface area contributed by atoms with E-state index in [9.17, 15) is 0 Å². The summed E-state index contributed by atoms with van der Waals surface area (Å²) in [5.41, 5.74) is 13.8. The van der Waals surface area contributed by atoms with Crippen molar-refractivity contribution in [3.8, 4) is 22.3 Å². The zero-order valence-corrected chi connectivity index (χ0v) is 32.5. The number of rotatable bonds is 0. The Labute approximate surface area is 331 Å². The molecule has 4 aliphatic heterocycles. The topological polar surface area (TPSA) is 8.17 Å². The number of anilines is 3. The van der Waals surface area contributed by atoms with Crippen molar-refractivity contribution in [3.05, 3.63) is 164 Å². The third-order valence-corrected chi connectivity index (χ3v) is 20.9. The molecule has 1 spiro atoms. The van der Waals surface area contributed by atoms with Gasteiger partial charge < -0.3 is 9.38 Å². The summed E-state index contributed by atoms with van der Waals surface area (Å²) in [6.45, 7) is 0.0203. The molecule has 0 radical (unpaired) electrons. The molecule has 7 heterocycles. The third kappa shape index (κ3) is 3.07. The highest BCUT2D eigenvalue weighted by atomic mass is 32.1. The van der Waals surface area contributed by atoms with E-state index in [-0.39, 0.29) is 6.85 Å². The quantitative estimate of drug-likeness (QED) is 0.140. The Kier molecular flexibility index (Phi) is 5.09. The van der Waals surface area contributed by atoms with Crippen molar-refractivity contribution in [2.24, 2.45) is 0 Å². The van der Waals surface area contributed by atoms with Crippen LogP contribution in [0.25, 0.3) is 73.6 Å². The van der Waals surface area contributed by atoms with Gasteiger partial charge >= 0.3 is 6.85 Å². The van der Waals surface area contributed by atoms with Gasteiger partial charge in [0.1, 0.15) is 0 Å². The lowest BCUT2D eigenvalue weighted by Crippen LogP contribution is -2.77. The van der Waals surface area contributed by atoms with Gasteiger partial charge in [0.15, 0.2) is 8.07 Å². The molecule has 3 aromatic heterocycles. The van der Waals surface area contributed by atoms with Crippen molar-refractivity contribution in [1.82, 2.24) is 4.48 Å². The van der Waals surface area contributed by atoms with Crippen molar-refractivity contribution < 1.29 is 0 Å². The second-order valence-corrected chi connectivity index (χ2v) is 21.6. The normalized spacial score (nSPS) is 14.9. The molecule has 15 rings (SSSR count). The number of para-hydroxylation sites is 3. The largest absolute Gasteiger partial charge is 0.367 e. The van der Waals surface area contributed by atoms with Gasteiger partial charge in [0, 0.05) is 74.7 Å². The monoisotopic (exact) mass is 758 g/mol. The van der Waals surface area contributed by atoms with E-state index < -0.39 is 8.07 Å². The first-order chi connectivity index (χ1) is 27.8. The summed E-state index contributed by atoms with van der Waals surface area (Å²) >= 11 is 3.93. The highest BCUT2D eigenvalue weighted by Crippen LogP contribution is 2.53. The van der Waals surface area contributed by atoms with E-state index in [1.807, 2.05) is 22.7 Å². The number of hydrogen-bond donors (Lipinski definition) is 0. The predicted octanol–water partition coefficient (Wildman–Crippen LogP) is 9.47. The molecule has 0 saturated carbocycles. The van der Waals surface area contributed by atoms with Crippen LogP contribution in [-0.2, 0) is 0 Å². The summed E-state index contributed by atoms with van der Waals surface area (Å²) in [5, 5.41) is 12.8. The van der Waals surface area contributed by atoms with Gasteiger partial charge in [-0.25, -0.2) is 0 Å². The lowest BCUT2D eigenvalue weighted by molar-refractivity contribution is 1.27. The molecule has 4 aliphatic rings. The number of benzene rings is 8. The van der Waals surface area contributed by atoms with Gasteiger partial charge in [0.25, 0.3) is 0 Å². The van der Waals surface area contributed by atoms with Crippen LogP contribution in [0, 0.1) is 0 Å². The van der Waals surface area contributed by atoms with Gasteiger partial charge in [-0.3, -0.25) is 0 Å². The Morgan fingerprint density at radius 3 is 1.93 bits per heavy atom. The minimum absolute atomic E-state index is 0.0203. The Morgan fingerprint density at radius 2 is 1.11 bits per heavy atom. The van der Waals surface area contributed by atoms with Crippen LogP contribution >= 0.6 is 22.7 Å². The summed E-state index contributed by atoms with van der Waals surface area (Å²) in [6, 6.07) is 63.2. The summed E-state index contributed by atoms with van der Waals surface area (Å²) < 4.78 is 6.87. The number of aromatic nitrogens is 1. The van der Waals surface area contributed by atoms with Gasteiger partial charge in [-0.1, -0.05) is 140 Å². The zero-order valence-electron chi connectivity index (χ0n) is 29.9. The maximum absolute atomic E-state index is 2.77. The Bertz CT molecular complexity index is 3600. The molecule has 0 unspecified atom stereocenters.